The van der Waals surface area contributed by atoms with Crippen LogP contribution >= 0.6 is 0 Å². The highest BCUT2D eigenvalue weighted by Crippen LogP contribution is 2.02. The van der Waals surface area contributed by atoms with Gasteiger partial charge in [0.1, 0.15) is 0 Å². The Kier molecular flexibility index (Phi) is 4.38. The van der Waals surface area contributed by atoms with Gasteiger partial charge >= 0.3 is 0 Å². The summed E-state index contributed by atoms with van der Waals surface area (Å²) in [7, 11) is 0. The lowest BCUT2D eigenvalue weighted by molar-refractivity contribution is 0.192. The van der Waals surface area contributed by atoms with Crippen molar-refractivity contribution in [3.05, 3.63) is 12.2 Å². The Balaban J connectivity index is 3.61. The van der Waals surface area contributed by atoms with Gasteiger partial charge in [-0.1, -0.05) is 19.1 Å². The average molecular weight is 157 g/mol. The summed E-state index contributed by atoms with van der Waals surface area (Å²) in [6, 6.07) is 0. The molecule has 2 nitrogen and oxygen atoms in total. The fourth-order valence-electron chi connectivity index (χ4n) is 0.545. The molecule has 0 unspecified atom stereocenters. The predicted octanol–water partition coefficient (Wildman–Crippen LogP) is 1.31. The lowest BCUT2D eigenvalue weighted by Gasteiger charge is -2.23. The molecular formula is C9H19NO. The molecule has 2 N–H and O–H groups in total. The van der Waals surface area contributed by atoms with E-state index >= 15 is 0 Å². The first-order valence-electron chi connectivity index (χ1n) is 4.04. The van der Waals surface area contributed by atoms with Gasteiger partial charge in [0.2, 0.25) is 0 Å². The van der Waals surface area contributed by atoms with E-state index in [1.54, 1.807) is 0 Å². The third kappa shape index (κ3) is 4.99. The van der Waals surface area contributed by atoms with E-state index in [-0.39, 0.29) is 12.1 Å². The van der Waals surface area contributed by atoms with Crippen molar-refractivity contribution in [2.45, 2.75) is 32.7 Å². The second kappa shape index (κ2) is 4.52. The molecule has 0 atom stereocenters. The molecule has 0 heterocycles. The summed E-state index contributed by atoms with van der Waals surface area (Å²) in [6.07, 6.45) is 0.995. The summed E-state index contributed by atoms with van der Waals surface area (Å²) < 4.78 is 0. The van der Waals surface area contributed by atoms with E-state index in [1.165, 1.54) is 5.57 Å². The third-order valence-electron chi connectivity index (χ3n) is 1.71. The van der Waals surface area contributed by atoms with Crippen LogP contribution in [0.15, 0.2) is 12.2 Å². The van der Waals surface area contributed by atoms with E-state index < -0.39 is 0 Å². The molecule has 0 aromatic carbocycles. The van der Waals surface area contributed by atoms with Crippen molar-refractivity contribution in [3.8, 4) is 0 Å². The molecule has 2 heteroatoms. The summed E-state index contributed by atoms with van der Waals surface area (Å²) in [4.78, 5) is 0. The van der Waals surface area contributed by atoms with Crippen LogP contribution in [0.1, 0.15) is 27.2 Å². The average Bonchev–Trinajstić information content (AvgIpc) is 2.00. The van der Waals surface area contributed by atoms with Gasteiger partial charge < -0.3 is 10.4 Å². The molecule has 0 aliphatic carbocycles. The molecule has 0 spiro atoms. The van der Waals surface area contributed by atoms with Crippen molar-refractivity contribution in [2.75, 3.05) is 13.2 Å². The zero-order valence-corrected chi connectivity index (χ0v) is 7.78. The van der Waals surface area contributed by atoms with E-state index in [2.05, 4.69) is 18.8 Å². The molecule has 0 aromatic rings. The van der Waals surface area contributed by atoms with Crippen molar-refractivity contribution < 1.29 is 5.11 Å². The van der Waals surface area contributed by atoms with Gasteiger partial charge in [0.25, 0.3) is 0 Å². The number of nitrogens with one attached hydrogen (secondary N) is 1. The first-order valence-corrected chi connectivity index (χ1v) is 4.04. The van der Waals surface area contributed by atoms with E-state index in [9.17, 15) is 0 Å². The standard InChI is InChI=1S/C9H19NO/c1-5-8(2)6-10-9(3,4)7-11/h10-11H,2,5-7H2,1,3-4H3. The van der Waals surface area contributed by atoms with Gasteiger partial charge in [0, 0.05) is 12.1 Å². The Labute approximate surface area is 69.3 Å². The molecule has 0 aliphatic heterocycles. The first-order chi connectivity index (χ1) is 5.02. The highest BCUT2D eigenvalue weighted by molar-refractivity contribution is 4.97. The van der Waals surface area contributed by atoms with Crippen LogP contribution < -0.4 is 5.32 Å². The summed E-state index contributed by atoms with van der Waals surface area (Å²) in [5.41, 5.74) is 0.990. The molecule has 0 fully saturated rings. The summed E-state index contributed by atoms with van der Waals surface area (Å²) in [5, 5.41) is 12.1. The molecule has 0 rings (SSSR count). The monoisotopic (exact) mass is 157 g/mol. The molecular weight excluding hydrogens is 138 g/mol. The lowest BCUT2D eigenvalue weighted by Crippen LogP contribution is -2.43. The van der Waals surface area contributed by atoms with Crippen LogP contribution in [0.4, 0.5) is 0 Å². The predicted molar refractivity (Wildman–Crippen MR) is 48.6 cm³/mol. The van der Waals surface area contributed by atoms with Crippen molar-refractivity contribution in [1.29, 1.82) is 0 Å². The Bertz CT molecular complexity index is 130. The van der Waals surface area contributed by atoms with Gasteiger partial charge in [-0.15, -0.1) is 0 Å². The van der Waals surface area contributed by atoms with Gasteiger partial charge in [-0.05, 0) is 20.3 Å². The smallest absolute Gasteiger partial charge is 0.0607 e. The van der Waals surface area contributed by atoms with Gasteiger partial charge in [0.05, 0.1) is 6.61 Å². The second-order valence-electron chi connectivity index (χ2n) is 3.50. The number of hydrogen-bond acceptors (Lipinski definition) is 2. The maximum Gasteiger partial charge on any atom is 0.0607 e. The van der Waals surface area contributed by atoms with E-state index in [1.807, 2.05) is 13.8 Å². The molecule has 0 saturated heterocycles. The fraction of sp³-hybridized carbons (Fsp3) is 0.778. The van der Waals surface area contributed by atoms with Crippen LogP contribution in [0.3, 0.4) is 0 Å². The Morgan fingerprint density at radius 2 is 2.09 bits per heavy atom. The first kappa shape index (κ1) is 10.7. The minimum absolute atomic E-state index is 0.157. The van der Waals surface area contributed by atoms with Crippen molar-refractivity contribution in [1.82, 2.24) is 5.32 Å². The molecule has 0 saturated carbocycles. The highest BCUT2D eigenvalue weighted by atomic mass is 16.3. The van der Waals surface area contributed by atoms with Crippen LogP contribution in [0.25, 0.3) is 0 Å². The molecule has 0 aliphatic rings. The number of aliphatic hydroxyl groups excluding tert-OH is 1. The van der Waals surface area contributed by atoms with Gasteiger partial charge in [0.15, 0.2) is 0 Å². The van der Waals surface area contributed by atoms with Crippen molar-refractivity contribution >= 4 is 0 Å². The maximum atomic E-state index is 8.89. The molecule has 0 radical (unpaired) electrons. The molecule has 0 aromatic heterocycles. The van der Waals surface area contributed by atoms with E-state index in [0.29, 0.717) is 0 Å². The van der Waals surface area contributed by atoms with E-state index in [4.69, 9.17) is 5.11 Å². The second-order valence-corrected chi connectivity index (χ2v) is 3.50. The Morgan fingerprint density at radius 1 is 1.55 bits per heavy atom. The van der Waals surface area contributed by atoms with E-state index in [0.717, 1.165) is 13.0 Å². The van der Waals surface area contributed by atoms with Crippen molar-refractivity contribution in [2.24, 2.45) is 0 Å². The maximum absolute atomic E-state index is 8.89. The Morgan fingerprint density at radius 3 is 2.45 bits per heavy atom. The van der Waals surface area contributed by atoms with Crippen LogP contribution in [0.5, 0.6) is 0 Å². The molecule has 11 heavy (non-hydrogen) atoms. The van der Waals surface area contributed by atoms with Gasteiger partial charge in [-0.25, -0.2) is 0 Å². The third-order valence-corrected chi connectivity index (χ3v) is 1.71. The summed E-state index contributed by atoms with van der Waals surface area (Å²) in [5.74, 6) is 0. The summed E-state index contributed by atoms with van der Waals surface area (Å²) in [6.45, 7) is 10.8. The van der Waals surface area contributed by atoms with Crippen LogP contribution in [0.2, 0.25) is 0 Å². The van der Waals surface area contributed by atoms with Crippen molar-refractivity contribution in [3.63, 3.8) is 0 Å². The minimum Gasteiger partial charge on any atom is -0.394 e. The quantitative estimate of drug-likeness (QED) is 0.590. The molecule has 0 bridgehead atoms. The fourth-order valence-corrected chi connectivity index (χ4v) is 0.545. The number of hydrogen-bond donors (Lipinski definition) is 2. The SMILES string of the molecule is C=C(CC)CNC(C)(C)CO. The van der Waals surface area contributed by atoms with Gasteiger partial charge in [-0.3, -0.25) is 0 Å². The summed E-state index contributed by atoms with van der Waals surface area (Å²) >= 11 is 0. The Hall–Kier alpha value is -0.340. The normalized spacial score (nSPS) is 11.6. The van der Waals surface area contributed by atoms with Crippen LogP contribution in [-0.4, -0.2) is 23.8 Å². The zero-order chi connectivity index (χ0) is 8.91. The zero-order valence-electron chi connectivity index (χ0n) is 7.78. The topological polar surface area (TPSA) is 32.3 Å². The number of aliphatic hydroxyl groups is 1. The minimum atomic E-state index is -0.182. The van der Waals surface area contributed by atoms with Crippen LogP contribution in [-0.2, 0) is 0 Å². The number of rotatable bonds is 5. The molecule has 66 valence electrons. The molecule has 0 amide bonds. The van der Waals surface area contributed by atoms with Crippen LogP contribution in [0, 0.1) is 0 Å². The lowest BCUT2D eigenvalue weighted by atomic mass is 10.1. The highest BCUT2D eigenvalue weighted by Gasteiger charge is 2.14. The van der Waals surface area contributed by atoms with Gasteiger partial charge in [-0.2, -0.15) is 0 Å². The largest absolute Gasteiger partial charge is 0.394 e.